The average molecular weight is 473 g/mol. The zero-order valence-corrected chi connectivity index (χ0v) is 19.5. The number of allylic oxidation sites excluding steroid dienone is 4. The summed E-state index contributed by atoms with van der Waals surface area (Å²) >= 11 is 0. The van der Waals surface area contributed by atoms with Crippen molar-refractivity contribution in [2.45, 2.75) is 33.2 Å². The topological polar surface area (TPSA) is 94.0 Å². The second kappa shape index (κ2) is 12.0. The second-order valence-electron chi connectivity index (χ2n) is 7.64. The number of carbonyl (C=O) groups is 3. The third-order valence-corrected chi connectivity index (χ3v) is 5.34. The molecular weight excluding hydrogens is 443 g/mol. The summed E-state index contributed by atoms with van der Waals surface area (Å²) in [6.45, 7) is 5.79. The van der Waals surface area contributed by atoms with Crippen LogP contribution in [0.1, 0.15) is 47.7 Å². The van der Waals surface area contributed by atoms with E-state index in [9.17, 15) is 18.8 Å². The minimum atomic E-state index is -0.672. The predicted molar refractivity (Wildman–Crippen MR) is 121 cm³/mol. The number of hydrogen-bond acceptors (Lipinski definition) is 7. The quantitative estimate of drug-likeness (QED) is 0.445. The molecule has 0 radical (unpaired) electrons. The van der Waals surface area contributed by atoms with Crippen molar-refractivity contribution in [1.29, 1.82) is 0 Å². The Hall–Kier alpha value is -3.65. The van der Waals surface area contributed by atoms with E-state index in [2.05, 4.69) is 15.7 Å². The van der Waals surface area contributed by atoms with Gasteiger partial charge in [0.25, 0.3) is 0 Å². The maximum absolute atomic E-state index is 13.4. The first-order chi connectivity index (χ1) is 16.4. The Kier molecular flexibility index (Phi) is 8.81. The van der Waals surface area contributed by atoms with Crippen molar-refractivity contribution in [2.75, 3.05) is 39.4 Å². The van der Waals surface area contributed by atoms with Gasteiger partial charge in [0.15, 0.2) is 5.69 Å². The summed E-state index contributed by atoms with van der Waals surface area (Å²) in [5.74, 6) is -1.87. The van der Waals surface area contributed by atoms with E-state index in [1.54, 1.807) is 24.8 Å². The third-order valence-electron chi connectivity index (χ3n) is 5.34. The highest BCUT2D eigenvalue weighted by molar-refractivity contribution is 5.93. The molecule has 1 aromatic rings. The molecule has 0 saturated carbocycles. The van der Waals surface area contributed by atoms with E-state index in [1.165, 1.54) is 22.9 Å². The number of hydrogen-bond donors (Lipinski definition) is 0. The van der Waals surface area contributed by atoms with Crippen LogP contribution < -0.4 is 0 Å². The van der Waals surface area contributed by atoms with Crippen LogP contribution >= 0.6 is 0 Å². The van der Waals surface area contributed by atoms with Gasteiger partial charge in [-0.05, 0) is 32.8 Å². The molecular formula is C24H29FN4O5. The van der Waals surface area contributed by atoms with Crippen LogP contribution in [0.25, 0.3) is 0 Å². The third kappa shape index (κ3) is 6.45. The van der Waals surface area contributed by atoms with Gasteiger partial charge < -0.3 is 19.3 Å². The van der Waals surface area contributed by atoms with E-state index in [4.69, 9.17) is 9.47 Å². The van der Waals surface area contributed by atoms with Crippen molar-refractivity contribution in [3.05, 3.63) is 59.0 Å². The summed E-state index contributed by atoms with van der Waals surface area (Å²) in [6, 6.07) is 1.28. The van der Waals surface area contributed by atoms with E-state index in [0.29, 0.717) is 26.1 Å². The lowest BCUT2D eigenvalue weighted by Gasteiger charge is -2.24. The molecule has 3 rings (SSSR count). The largest absolute Gasteiger partial charge is 0.461 e. The van der Waals surface area contributed by atoms with Gasteiger partial charge >= 0.3 is 11.9 Å². The van der Waals surface area contributed by atoms with Crippen LogP contribution in [0.3, 0.4) is 0 Å². The molecule has 0 bridgehead atoms. The molecule has 182 valence electrons. The maximum Gasteiger partial charge on any atom is 0.358 e. The number of aromatic nitrogens is 2. The van der Waals surface area contributed by atoms with Crippen LogP contribution in [0, 0.1) is 0 Å². The number of esters is 2. The fourth-order valence-electron chi connectivity index (χ4n) is 3.70. The lowest BCUT2D eigenvalue weighted by molar-refractivity contribution is -0.131. The summed E-state index contributed by atoms with van der Waals surface area (Å²) in [7, 11) is 0. The Bertz CT molecular complexity index is 1050. The monoisotopic (exact) mass is 472 g/mol. The summed E-state index contributed by atoms with van der Waals surface area (Å²) in [5, 5.41) is 4.13. The molecule has 1 fully saturated rings. The molecule has 0 N–H and O–H groups in total. The van der Waals surface area contributed by atoms with Gasteiger partial charge in [-0.3, -0.25) is 4.79 Å². The molecule has 1 aliphatic carbocycles. The van der Waals surface area contributed by atoms with Crippen LogP contribution in [-0.4, -0.2) is 76.8 Å². The number of rotatable bonds is 7. The molecule has 10 heteroatoms. The maximum atomic E-state index is 13.4. The number of halogens is 1. The van der Waals surface area contributed by atoms with Gasteiger partial charge in [-0.15, -0.1) is 5.73 Å². The Morgan fingerprint density at radius 3 is 2.56 bits per heavy atom. The average Bonchev–Trinajstić information content (AvgIpc) is 3.05. The molecule has 9 nitrogen and oxygen atoms in total. The number of nitrogens with zero attached hydrogens (tertiary/aromatic N) is 4. The fraction of sp³-hybridized carbons (Fsp3) is 0.458. The Labute approximate surface area is 197 Å². The Morgan fingerprint density at radius 2 is 1.79 bits per heavy atom. The van der Waals surface area contributed by atoms with Gasteiger partial charge in [0.2, 0.25) is 5.91 Å². The first-order valence-electron chi connectivity index (χ1n) is 11.4. The molecule has 2 heterocycles. The minimum absolute atomic E-state index is 0.0200. The fourth-order valence-corrected chi connectivity index (χ4v) is 3.70. The Balaban J connectivity index is 1.69. The van der Waals surface area contributed by atoms with Crippen molar-refractivity contribution < 1.29 is 28.2 Å². The molecule has 0 unspecified atom stereocenters. The lowest BCUT2D eigenvalue weighted by atomic mass is 10.2. The van der Waals surface area contributed by atoms with E-state index in [1.807, 2.05) is 6.08 Å². The molecule has 0 atom stereocenters. The molecule has 1 aromatic heterocycles. The van der Waals surface area contributed by atoms with Crippen molar-refractivity contribution in [3.63, 3.8) is 0 Å². The van der Waals surface area contributed by atoms with Crippen LogP contribution in [0.5, 0.6) is 0 Å². The first kappa shape index (κ1) is 25.0. The highest BCUT2D eigenvalue weighted by Gasteiger charge is 2.25. The van der Waals surface area contributed by atoms with E-state index < -0.39 is 11.9 Å². The molecule has 0 spiro atoms. The molecule has 1 aliphatic heterocycles. The number of ether oxygens (including phenoxy) is 2. The lowest BCUT2D eigenvalue weighted by Crippen LogP contribution is -2.37. The van der Waals surface area contributed by atoms with Crippen molar-refractivity contribution in [1.82, 2.24) is 19.6 Å². The summed E-state index contributed by atoms with van der Waals surface area (Å²) in [5.41, 5.74) is 3.74. The Morgan fingerprint density at radius 1 is 1.03 bits per heavy atom. The van der Waals surface area contributed by atoms with E-state index in [-0.39, 0.29) is 42.9 Å². The standard InChI is InChI=1S/C24H29FN4O5/c1-3-33-23(31)20-16-21(24(32)34-4-2)29(26-20)17-22(30)28-13-7-12-27(14-15-28)19-10-5-8-18(25)9-6-11-19/h8-11,16H,3-5,7,12-15,17H2,1-2H3/b18-8+,19-10+. The molecule has 1 saturated heterocycles. The highest BCUT2D eigenvalue weighted by Crippen LogP contribution is 2.16. The smallest absolute Gasteiger partial charge is 0.358 e. The summed E-state index contributed by atoms with van der Waals surface area (Å²) in [6.07, 6.45) is 7.69. The van der Waals surface area contributed by atoms with Gasteiger partial charge in [-0.1, -0.05) is 6.08 Å². The van der Waals surface area contributed by atoms with Crippen LogP contribution in [0.15, 0.2) is 47.6 Å². The molecule has 0 aromatic carbocycles. The predicted octanol–water partition coefficient (Wildman–Crippen LogP) is 2.62. The zero-order valence-electron chi connectivity index (χ0n) is 19.5. The van der Waals surface area contributed by atoms with Crippen molar-refractivity contribution in [2.24, 2.45) is 0 Å². The summed E-state index contributed by atoms with van der Waals surface area (Å²) in [4.78, 5) is 41.4. The number of amides is 1. The minimum Gasteiger partial charge on any atom is -0.461 e. The molecule has 1 amide bonds. The van der Waals surface area contributed by atoms with Gasteiger partial charge in [0, 0.05) is 50.1 Å². The van der Waals surface area contributed by atoms with Gasteiger partial charge in [-0.25, -0.2) is 18.7 Å². The molecule has 2 aliphatic rings. The van der Waals surface area contributed by atoms with Crippen molar-refractivity contribution in [3.8, 4) is 0 Å². The van der Waals surface area contributed by atoms with Crippen LogP contribution in [-0.2, 0) is 20.8 Å². The van der Waals surface area contributed by atoms with Gasteiger partial charge in [0.05, 0.1) is 13.2 Å². The van der Waals surface area contributed by atoms with E-state index in [0.717, 1.165) is 18.7 Å². The zero-order chi connectivity index (χ0) is 24.5. The van der Waals surface area contributed by atoms with Crippen LogP contribution in [0.2, 0.25) is 0 Å². The van der Waals surface area contributed by atoms with Gasteiger partial charge in [-0.2, -0.15) is 5.10 Å². The summed E-state index contributed by atoms with van der Waals surface area (Å²) < 4.78 is 24.6. The van der Waals surface area contributed by atoms with E-state index >= 15 is 0 Å². The molecule has 34 heavy (non-hydrogen) atoms. The SMILES string of the molecule is CCOC(=O)c1cc(C(=O)OCC)n(CC(=O)N2CCCN(/C3=C/C/C=C(/F)C=C=C3)CC2)n1. The first-order valence-corrected chi connectivity index (χ1v) is 11.4. The highest BCUT2D eigenvalue weighted by atomic mass is 19.1. The van der Waals surface area contributed by atoms with Gasteiger partial charge in [0.1, 0.15) is 18.1 Å². The van der Waals surface area contributed by atoms with Crippen LogP contribution in [0.4, 0.5) is 4.39 Å². The van der Waals surface area contributed by atoms with Crippen molar-refractivity contribution >= 4 is 17.8 Å². The normalized spacial score (nSPS) is 19.3. The number of carbonyl (C=O) groups excluding carboxylic acids is 3. The second-order valence-corrected chi connectivity index (χ2v) is 7.64.